The number of H-pyrrole nitrogens is 1. The molecule has 148 valence electrons. The molecule has 2 aromatic heterocycles. The molecule has 1 aromatic carbocycles. The Hall–Kier alpha value is -2.52. The van der Waals surface area contributed by atoms with Gasteiger partial charge in [0.2, 0.25) is 16.0 Å². The van der Waals surface area contributed by atoms with E-state index in [0.29, 0.717) is 37.0 Å². The van der Waals surface area contributed by atoms with Crippen molar-refractivity contribution >= 4 is 27.1 Å². The van der Waals surface area contributed by atoms with Gasteiger partial charge in [-0.2, -0.15) is 4.98 Å². The van der Waals surface area contributed by atoms with Crippen LogP contribution in [0.4, 0.5) is 5.95 Å². The second-order valence-electron chi connectivity index (χ2n) is 7.10. The maximum atomic E-state index is 12.6. The molecule has 1 saturated heterocycles. The summed E-state index contributed by atoms with van der Waals surface area (Å²) >= 11 is 0. The van der Waals surface area contributed by atoms with Crippen LogP contribution in [-0.2, 0) is 16.4 Å². The van der Waals surface area contributed by atoms with Crippen LogP contribution in [0.5, 0.6) is 0 Å². The molecule has 0 spiro atoms. The number of sulfonamides is 1. The number of fused-ring (bicyclic) bond motifs is 1. The molecule has 3 aromatic rings. The van der Waals surface area contributed by atoms with Crippen molar-refractivity contribution < 1.29 is 8.42 Å². The van der Waals surface area contributed by atoms with Crippen molar-refractivity contribution in [3.63, 3.8) is 0 Å². The SMILES string of the molecule is O=S(=O)(CCc1ccccc1)N1CCC(CNc2ncc3nc[nH]c3n2)CC1. The first-order valence-electron chi connectivity index (χ1n) is 9.52. The number of aromatic amines is 1. The zero-order valence-electron chi connectivity index (χ0n) is 15.6. The molecule has 3 heterocycles. The normalized spacial score (nSPS) is 16.4. The van der Waals surface area contributed by atoms with E-state index in [0.717, 1.165) is 30.5 Å². The molecule has 1 aliphatic heterocycles. The summed E-state index contributed by atoms with van der Waals surface area (Å²) in [4.78, 5) is 15.7. The third kappa shape index (κ3) is 4.48. The highest BCUT2D eigenvalue weighted by molar-refractivity contribution is 7.89. The molecule has 4 rings (SSSR count). The standard InChI is InChI=1S/C19H24N6O2S/c26-28(27,11-8-15-4-2-1-3-5-15)25-9-6-16(7-10-25)12-20-19-21-13-17-18(24-19)23-14-22-17/h1-5,13-14,16H,6-12H2,(H2,20,21,22,23,24). The van der Waals surface area contributed by atoms with Crippen molar-refractivity contribution in [3.8, 4) is 0 Å². The topological polar surface area (TPSA) is 104 Å². The Labute approximate surface area is 164 Å². The quantitative estimate of drug-likeness (QED) is 0.629. The van der Waals surface area contributed by atoms with Crippen LogP contribution < -0.4 is 5.32 Å². The minimum absolute atomic E-state index is 0.165. The van der Waals surface area contributed by atoms with Crippen molar-refractivity contribution in [2.24, 2.45) is 5.92 Å². The van der Waals surface area contributed by atoms with Crippen molar-refractivity contribution in [2.75, 3.05) is 30.7 Å². The summed E-state index contributed by atoms with van der Waals surface area (Å²) in [6.07, 6.45) is 5.51. The smallest absolute Gasteiger partial charge is 0.224 e. The molecule has 2 N–H and O–H groups in total. The summed E-state index contributed by atoms with van der Waals surface area (Å²) in [5.41, 5.74) is 2.50. The maximum absolute atomic E-state index is 12.6. The first-order chi connectivity index (χ1) is 13.6. The molecule has 8 nitrogen and oxygen atoms in total. The van der Waals surface area contributed by atoms with Crippen LogP contribution in [-0.4, -0.2) is 58.0 Å². The second kappa shape index (κ2) is 8.24. The molecule has 0 radical (unpaired) electrons. The highest BCUT2D eigenvalue weighted by Crippen LogP contribution is 2.21. The lowest BCUT2D eigenvalue weighted by Crippen LogP contribution is -2.41. The molecule has 0 aliphatic carbocycles. The highest BCUT2D eigenvalue weighted by atomic mass is 32.2. The molecule has 0 bridgehead atoms. The lowest BCUT2D eigenvalue weighted by molar-refractivity contribution is 0.282. The first kappa shape index (κ1) is 18.8. The van der Waals surface area contributed by atoms with Crippen LogP contribution in [0, 0.1) is 5.92 Å². The van der Waals surface area contributed by atoms with Gasteiger partial charge in [-0.05, 0) is 30.7 Å². The fourth-order valence-corrected chi connectivity index (χ4v) is 4.99. The Bertz CT molecular complexity index is 1010. The fraction of sp³-hybridized carbons (Fsp3) is 0.421. The molecule has 0 saturated carbocycles. The fourth-order valence-electron chi connectivity index (χ4n) is 3.47. The van der Waals surface area contributed by atoms with Crippen LogP contribution in [0.15, 0.2) is 42.9 Å². The first-order valence-corrected chi connectivity index (χ1v) is 11.1. The van der Waals surface area contributed by atoms with Gasteiger partial charge in [0, 0.05) is 19.6 Å². The van der Waals surface area contributed by atoms with Gasteiger partial charge in [-0.15, -0.1) is 0 Å². The number of aryl methyl sites for hydroxylation is 1. The van der Waals surface area contributed by atoms with Gasteiger partial charge in [-0.1, -0.05) is 30.3 Å². The number of nitrogens with zero attached hydrogens (tertiary/aromatic N) is 4. The second-order valence-corrected chi connectivity index (χ2v) is 9.19. The van der Waals surface area contributed by atoms with Crippen LogP contribution in [0.2, 0.25) is 0 Å². The summed E-state index contributed by atoms with van der Waals surface area (Å²) in [5, 5.41) is 3.26. The molecule has 28 heavy (non-hydrogen) atoms. The molecule has 0 amide bonds. The average Bonchev–Trinajstić information content (AvgIpc) is 3.20. The third-order valence-electron chi connectivity index (χ3n) is 5.18. The van der Waals surface area contributed by atoms with Gasteiger partial charge in [-0.25, -0.2) is 22.7 Å². The predicted molar refractivity (Wildman–Crippen MR) is 108 cm³/mol. The highest BCUT2D eigenvalue weighted by Gasteiger charge is 2.27. The molecule has 0 unspecified atom stereocenters. The minimum atomic E-state index is -3.21. The molecule has 1 aliphatic rings. The van der Waals surface area contributed by atoms with E-state index < -0.39 is 10.0 Å². The Balaban J connectivity index is 1.25. The van der Waals surface area contributed by atoms with Crippen molar-refractivity contribution in [1.29, 1.82) is 0 Å². The Kier molecular flexibility index (Phi) is 5.54. The van der Waals surface area contributed by atoms with Gasteiger partial charge in [0.05, 0.1) is 18.3 Å². The number of rotatable bonds is 7. The van der Waals surface area contributed by atoms with Gasteiger partial charge in [0.15, 0.2) is 5.65 Å². The van der Waals surface area contributed by atoms with Crippen molar-refractivity contribution in [1.82, 2.24) is 24.2 Å². The maximum Gasteiger partial charge on any atom is 0.224 e. The Morgan fingerprint density at radius 2 is 1.93 bits per heavy atom. The van der Waals surface area contributed by atoms with E-state index >= 15 is 0 Å². The van der Waals surface area contributed by atoms with Gasteiger partial charge in [0.25, 0.3) is 0 Å². The number of imidazole rings is 1. The van der Waals surface area contributed by atoms with E-state index in [1.807, 2.05) is 30.3 Å². The van der Waals surface area contributed by atoms with Crippen molar-refractivity contribution in [2.45, 2.75) is 19.3 Å². The zero-order valence-corrected chi connectivity index (χ0v) is 16.4. The van der Waals surface area contributed by atoms with Crippen LogP contribution in [0.25, 0.3) is 11.2 Å². The Morgan fingerprint density at radius 1 is 1.14 bits per heavy atom. The van der Waals surface area contributed by atoms with E-state index in [1.54, 1.807) is 16.8 Å². The molecular formula is C19H24N6O2S. The third-order valence-corrected chi connectivity index (χ3v) is 7.05. The van der Waals surface area contributed by atoms with Gasteiger partial charge < -0.3 is 10.3 Å². The summed E-state index contributed by atoms with van der Waals surface area (Å²) in [6.45, 7) is 1.88. The predicted octanol–water partition coefficient (Wildman–Crippen LogP) is 2.05. The summed E-state index contributed by atoms with van der Waals surface area (Å²) in [6, 6.07) is 9.75. The van der Waals surface area contributed by atoms with E-state index in [9.17, 15) is 8.42 Å². The van der Waals surface area contributed by atoms with E-state index in [-0.39, 0.29) is 5.75 Å². The zero-order chi connectivity index (χ0) is 19.4. The molecule has 1 fully saturated rings. The molecule has 0 atom stereocenters. The monoisotopic (exact) mass is 400 g/mol. The number of aromatic nitrogens is 4. The number of piperidine rings is 1. The van der Waals surface area contributed by atoms with Crippen LogP contribution >= 0.6 is 0 Å². The lowest BCUT2D eigenvalue weighted by Gasteiger charge is -2.31. The van der Waals surface area contributed by atoms with E-state index in [1.165, 1.54) is 0 Å². The van der Waals surface area contributed by atoms with Crippen molar-refractivity contribution in [3.05, 3.63) is 48.4 Å². The summed E-state index contributed by atoms with van der Waals surface area (Å²) in [7, 11) is -3.21. The number of nitrogens with one attached hydrogen (secondary N) is 2. The summed E-state index contributed by atoms with van der Waals surface area (Å²) < 4.78 is 26.9. The number of benzene rings is 1. The lowest BCUT2D eigenvalue weighted by atomic mass is 9.98. The van der Waals surface area contributed by atoms with E-state index in [2.05, 4.69) is 25.3 Å². The van der Waals surface area contributed by atoms with E-state index in [4.69, 9.17) is 0 Å². The number of hydrogen-bond donors (Lipinski definition) is 2. The van der Waals surface area contributed by atoms with Gasteiger partial charge in [0.1, 0.15) is 5.52 Å². The largest absolute Gasteiger partial charge is 0.354 e. The van der Waals surface area contributed by atoms with Gasteiger partial charge in [-0.3, -0.25) is 0 Å². The minimum Gasteiger partial charge on any atom is -0.354 e. The number of anilines is 1. The summed E-state index contributed by atoms with van der Waals surface area (Å²) in [5.74, 6) is 1.13. The molecule has 9 heteroatoms. The van der Waals surface area contributed by atoms with Crippen LogP contribution in [0.1, 0.15) is 18.4 Å². The van der Waals surface area contributed by atoms with Crippen LogP contribution in [0.3, 0.4) is 0 Å². The average molecular weight is 401 g/mol. The number of hydrogen-bond acceptors (Lipinski definition) is 6. The van der Waals surface area contributed by atoms with Gasteiger partial charge >= 0.3 is 0 Å². The molecular weight excluding hydrogens is 376 g/mol. The Morgan fingerprint density at radius 3 is 2.71 bits per heavy atom.